The molecule has 0 unspecified atom stereocenters. The Morgan fingerprint density at radius 3 is 2.68 bits per heavy atom. The van der Waals surface area contributed by atoms with Gasteiger partial charge < -0.3 is 15.2 Å². The topological polar surface area (TPSA) is 67.3 Å². The molecule has 1 atom stereocenters. The predicted octanol–water partition coefficient (Wildman–Crippen LogP) is 3.56. The zero-order valence-electron chi connectivity index (χ0n) is 13.4. The average molecular weight is 376 g/mol. The van der Waals surface area contributed by atoms with Gasteiger partial charge in [0.1, 0.15) is 22.5 Å². The van der Waals surface area contributed by atoms with Gasteiger partial charge in [-0.15, -0.1) is 11.3 Å². The molecule has 130 valence electrons. The van der Waals surface area contributed by atoms with Crippen LogP contribution >= 0.6 is 22.9 Å². The first-order chi connectivity index (χ1) is 12.2. The first-order valence-corrected chi connectivity index (χ1v) is 9.11. The summed E-state index contributed by atoms with van der Waals surface area (Å²) in [6, 6.07) is 11.3. The molecule has 0 aliphatic heterocycles. The number of nitrogens with one attached hydrogen (secondary N) is 1. The number of aliphatic hydroxyl groups is 1. The van der Waals surface area contributed by atoms with E-state index in [1.54, 1.807) is 35.9 Å². The fourth-order valence-corrected chi connectivity index (χ4v) is 3.00. The summed E-state index contributed by atoms with van der Waals surface area (Å²) in [5.41, 5.74) is 1.82. The lowest BCUT2D eigenvalue weighted by molar-refractivity contribution is 0.171. The number of pyridine rings is 1. The summed E-state index contributed by atoms with van der Waals surface area (Å²) in [5, 5.41) is 16.6. The van der Waals surface area contributed by atoms with Gasteiger partial charge in [0.2, 0.25) is 0 Å². The van der Waals surface area contributed by atoms with E-state index in [0.717, 1.165) is 21.9 Å². The highest BCUT2D eigenvalue weighted by atomic mass is 35.5. The second kappa shape index (κ2) is 8.92. The van der Waals surface area contributed by atoms with Crippen molar-refractivity contribution in [3.05, 3.63) is 64.9 Å². The molecule has 0 aliphatic rings. The summed E-state index contributed by atoms with van der Waals surface area (Å²) in [5.74, 6) is 0.810. The molecule has 0 aliphatic carbocycles. The fourth-order valence-electron chi connectivity index (χ4n) is 2.24. The fraction of sp³-hybridized carbons (Fsp3) is 0.222. The molecule has 25 heavy (non-hydrogen) atoms. The Morgan fingerprint density at radius 1 is 1.16 bits per heavy atom. The van der Waals surface area contributed by atoms with E-state index in [9.17, 15) is 5.11 Å². The van der Waals surface area contributed by atoms with Gasteiger partial charge >= 0.3 is 0 Å². The zero-order valence-corrected chi connectivity index (χ0v) is 15.0. The van der Waals surface area contributed by atoms with Gasteiger partial charge in [-0.2, -0.15) is 0 Å². The number of hydrogen-bond acceptors (Lipinski definition) is 6. The number of halogens is 1. The third-order valence-corrected chi connectivity index (χ3v) is 4.60. The van der Waals surface area contributed by atoms with Gasteiger partial charge in [0.05, 0.1) is 6.10 Å². The molecule has 0 saturated carbocycles. The van der Waals surface area contributed by atoms with Crippen LogP contribution in [0.25, 0.3) is 10.6 Å². The van der Waals surface area contributed by atoms with Crippen molar-refractivity contribution in [1.29, 1.82) is 0 Å². The standard InChI is InChI=1S/C18H18ClN3O2S/c19-17-6-3-14(11-22-17)16(23)12-20-7-9-24-15-4-1-13(2-5-15)18-21-8-10-25-18/h1-6,8,10-11,16,20,23H,7,9,12H2/t16-/m0/s1. The maximum Gasteiger partial charge on any atom is 0.129 e. The van der Waals surface area contributed by atoms with Crippen molar-refractivity contribution in [2.45, 2.75) is 6.10 Å². The molecule has 0 radical (unpaired) electrons. The van der Waals surface area contributed by atoms with E-state index in [0.29, 0.717) is 24.8 Å². The Morgan fingerprint density at radius 2 is 2.00 bits per heavy atom. The molecular weight excluding hydrogens is 358 g/mol. The van der Waals surface area contributed by atoms with Crippen LogP contribution in [0.3, 0.4) is 0 Å². The lowest BCUT2D eigenvalue weighted by atomic mass is 10.1. The minimum Gasteiger partial charge on any atom is -0.492 e. The van der Waals surface area contributed by atoms with E-state index in [1.165, 1.54) is 0 Å². The van der Waals surface area contributed by atoms with Crippen LogP contribution in [0.2, 0.25) is 5.15 Å². The Balaban J connectivity index is 1.37. The van der Waals surface area contributed by atoms with Gasteiger partial charge in [-0.25, -0.2) is 9.97 Å². The summed E-state index contributed by atoms with van der Waals surface area (Å²) in [6.45, 7) is 1.57. The highest BCUT2D eigenvalue weighted by Gasteiger charge is 2.07. The van der Waals surface area contributed by atoms with Crippen molar-refractivity contribution in [3.8, 4) is 16.3 Å². The first kappa shape index (κ1) is 17.8. The molecule has 3 rings (SSSR count). The monoisotopic (exact) mass is 375 g/mol. The number of rotatable bonds is 8. The molecule has 0 amide bonds. The van der Waals surface area contributed by atoms with Gasteiger partial charge in [0.15, 0.2) is 0 Å². The minimum atomic E-state index is -0.623. The van der Waals surface area contributed by atoms with Crippen molar-refractivity contribution in [2.75, 3.05) is 19.7 Å². The first-order valence-electron chi connectivity index (χ1n) is 7.85. The number of hydrogen-bond donors (Lipinski definition) is 2. The zero-order chi connectivity index (χ0) is 17.5. The van der Waals surface area contributed by atoms with E-state index in [1.807, 2.05) is 29.6 Å². The summed E-state index contributed by atoms with van der Waals surface area (Å²) < 4.78 is 5.69. The number of benzene rings is 1. The summed E-state index contributed by atoms with van der Waals surface area (Å²) in [6.07, 6.45) is 2.75. The van der Waals surface area contributed by atoms with Gasteiger partial charge in [-0.1, -0.05) is 17.7 Å². The van der Waals surface area contributed by atoms with Crippen LogP contribution in [0.5, 0.6) is 5.75 Å². The van der Waals surface area contributed by atoms with Crippen molar-refractivity contribution in [3.63, 3.8) is 0 Å². The van der Waals surface area contributed by atoms with E-state index in [4.69, 9.17) is 16.3 Å². The third-order valence-electron chi connectivity index (χ3n) is 3.55. The molecule has 1 aromatic carbocycles. The second-order valence-corrected chi connectivity index (χ2v) is 6.63. The lowest BCUT2D eigenvalue weighted by Gasteiger charge is -2.12. The highest BCUT2D eigenvalue weighted by Crippen LogP contribution is 2.23. The Bertz CT molecular complexity index is 764. The number of nitrogens with zero attached hydrogens (tertiary/aromatic N) is 2. The third kappa shape index (κ3) is 5.24. The number of aliphatic hydroxyl groups excluding tert-OH is 1. The Hall–Kier alpha value is -1.99. The van der Waals surface area contributed by atoms with Gasteiger partial charge in [0.25, 0.3) is 0 Å². The van der Waals surface area contributed by atoms with Gasteiger partial charge in [-0.3, -0.25) is 0 Å². The lowest BCUT2D eigenvalue weighted by Crippen LogP contribution is -2.26. The van der Waals surface area contributed by atoms with E-state index in [-0.39, 0.29) is 0 Å². The smallest absolute Gasteiger partial charge is 0.129 e. The normalized spacial score (nSPS) is 12.1. The molecule has 2 N–H and O–H groups in total. The summed E-state index contributed by atoms with van der Waals surface area (Å²) >= 11 is 7.34. The number of ether oxygens (including phenoxy) is 1. The molecule has 2 heterocycles. The summed E-state index contributed by atoms with van der Waals surface area (Å²) in [4.78, 5) is 8.24. The van der Waals surface area contributed by atoms with Crippen molar-refractivity contribution in [2.24, 2.45) is 0 Å². The van der Waals surface area contributed by atoms with Crippen LogP contribution in [-0.2, 0) is 0 Å². The Labute approximate surface area is 155 Å². The Kier molecular flexibility index (Phi) is 6.36. The molecule has 2 aromatic heterocycles. The average Bonchev–Trinajstić information content (AvgIpc) is 3.17. The molecule has 0 fully saturated rings. The van der Waals surface area contributed by atoms with Crippen LogP contribution in [-0.4, -0.2) is 34.8 Å². The van der Waals surface area contributed by atoms with E-state index >= 15 is 0 Å². The molecular formula is C18H18ClN3O2S. The van der Waals surface area contributed by atoms with Crippen molar-refractivity contribution < 1.29 is 9.84 Å². The van der Waals surface area contributed by atoms with Crippen LogP contribution in [0, 0.1) is 0 Å². The minimum absolute atomic E-state index is 0.415. The molecule has 3 aromatic rings. The molecule has 7 heteroatoms. The molecule has 0 spiro atoms. The maximum absolute atomic E-state index is 10.1. The van der Waals surface area contributed by atoms with Crippen LogP contribution in [0.15, 0.2) is 54.2 Å². The molecule has 5 nitrogen and oxygen atoms in total. The van der Waals surface area contributed by atoms with Crippen molar-refractivity contribution in [1.82, 2.24) is 15.3 Å². The largest absolute Gasteiger partial charge is 0.492 e. The predicted molar refractivity (Wildman–Crippen MR) is 100 cm³/mol. The maximum atomic E-state index is 10.1. The quantitative estimate of drug-likeness (QED) is 0.465. The molecule has 0 bridgehead atoms. The van der Waals surface area contributed by atoms with Crippen LogP contribution < -0.4 is 10.1 Å². The van der Waals surface area contributed by atoms with Gasteiger partial charge in [0, 0.05) is 42.0 Å². The molecule has 0 saturated heterocycles. The van der Waals surface area contributed by atoms with E-state index in [2.05, 4.69) is 15.3 Å². The highest BCUT2D eigenvalue weighted by molar-refractivity contribution is 7.13. The second-order valence-electron chi connectivity index (χ2n) is 5.34. The number of thiazole rings is 1. The van der Waals surface area contributed by atoms with E-state index < -0.39 is 6.10 Å². The SMILES string of the molecule is O[C@@H](CNCCOc1ccc(-c2nccs2)cc1)c1ccc(Cl)nc1. The summed E-state index contributed by atoms with van der Waals surface area (Å²) in [7, 11) is 0. The van der Waals surface area contributed by atoms with Gasteiger partial charge in [-0.05, 0) is 30.3 Å². The van der Waals surface area contributed by atoms with Crippen molar-refractivity contribution >= 4 is 22.9 Å². The van der Waals surface area contributed by atoms with Crippen LogP contribution in [0.1, 0.15) is 11.7 Å². The van der Waals surface area contributed by atoms with Crippen LogP contribution in [0.4, 0.5) is 0 Å². The number of aromatic nitrogens is 2.